The second-order valence-corrected chi connectivity index (χ2v) is 13.3. The van der Waals surface area contributed by atoms with Crippen molar-refractivity contribution in [2.75, 3.05) is 0 Å². The van der Waals surface area contributed by atoms with E-state index in [0.29, 0.717) is 5.92 Å². The minimum Gasteiger partial charge on any atom is -0.201 e. The highest BCUT2D eigenvalue weighted by molar-refractivity contribution is 7.25. The number of hydrogen-bond acceptors (Lipinski definition) is 1. The lowest BCUT2D eigenvalue weighted by Gasteiger charge is -2.24. The first kappa shape index (κ1) is 25.0. The molecule has 2 fully saturated rings. The molecule has 39 heavy (non-hydrogen) atoms. The van der Waals surface area contributed by atoms with E-state index in [4.69, 9.17) is 0 Å². The number of aryl methyl sites for hydroxylation is 2. The summed E-state index contributed by atoms with van der Waals surface area (Å²) in [7, 11) is 2.23. The van der Waals surface area contributed by atoms with Crippen molar-refractivity contribution < 1.29 is 4.57 Å². The fraction of sp³-hybridized carbons (Fsp3) is 0.378. The van der Waals surface area contributed by atoms with E-state index in [9.17, 15) is 0 Å². The molecule has 198 valence electrons. The lowest BCUT2D eigenvalue weighted by Crippen LogP contribution is -2.32. The van der Waals surface area contributed by atoms with Crippen LogP contribution in [0.25, 0.3) is 42.6 Å². The van der Waals surface area contributed by atoms with Crippen molar-refractivity contribution in [3.63, 3.8) is 0 Å². The van der Waals surface area contributed by atoms with Crippen LogP contribution in [0.3, 0.4) is 0 Å². The van der Waals surface area contributed by atoms with E-state index in [1.54, 1.807) is 5.56 Å². The van der Waals surface area contributed by atoms with Crippen molar-refractivity contribution in [1.29, 1.82) is 0 Å². The minimum atomic E-state index is 0.655. The molecule has 0 bridgehead atoms. The van der Waals surface area contributed by atoms with E-state index in [1.807, 2.05) is 11.3 Å². The van der Waals surface area contributed by atoms with Crippen LogP contribution < -0.4 is 4.57 Å². The summed E-state index contributed by atoms with van der Waals surface area (Å²) in [6.45, 7) is 2.23. The van der Waals surface area contributed by atoms with Gasteiger partial charge in [-0.1, -0.05) is 81.0 Å². The molecule has 2 aliphatic carbocycles. The van der Waals surface area contributed by atoms with Crippen LogP contribution in [0.1, 0.15) is 92.7 Å². The van der Waals surface area contributed by atoms with Gasteiger partial charge in [-0.2, -0.15) is 0 Å². The first-order valence-electron chi connectivity index (χ1n) is 15.2. The van der Waals surface area contributed by atoms with Gasteiger partial charge in [0.1, 0.15) is 7.05 Å². The van der Waals surface area contributed by atoms with Crippen LogP contribution in [0.15, 0.2) is 72.9 Å². The zero-order chi connectivity index (χ0) is 26.3. The summed E-state index contributed by atoms with van der Waals surface area (Å²) in [5, 5.41) is 2.84. The lowest BCUT2D eigenvalue weighted by molar-refractivity contribution is -0.660. The Morgan fingerprint density at radius 1 is 0.667 bits per heavy atom. The summed E-state index contributed by atoms with van der Waals surface area (Å²) in [5.74, 6) is 1.41. The number of rotatable bonds is 4. The molecule has 2 aliphatic rings. The average molecular weight is 531 g/mol. The van der Waals surface area contributed by atoms with Crippen LogP contribution in [-0.4, -0.2) is 0 Å². The number of aromatic nitrogens is 1. The number of hydrogen-bond donors (Lipinski definition) is 0. The Bertz CT molecular complexity index is 1650. The Hall–Kier alpha value is -2.97. The molecule has 0 aliphatic heterocycles. The van der Waals surface area contributed by atoms with Gasteiger partial charge >= 0.3 is 0 Å². The van der Waals surface area contributed by atoms with E-state index in [2.05, 4.69) is 91.5 Å². The Morgan fingerprint density at radius 2 is 1.33 bits per heavy atom. The monoisotopic (exact) mass is 530 g/mol. The Labute approximate surface area is 237 Å². The van der Waals surface area contributed by atoms with Crippen LogP contribution in [0, 0.1) is 6.92 Å². The standard InChI is InChI=1S/C37H40NS/c1-25-11-9-10-16-30(25)35-23-33(34(24-38(35)2)27-14-7-4-8-15-27)29-18-20-32-31-19-17-28(26-12-5-3-6-13-26)21-36(31)39-37(32)22-29/h9-11,16-24,26-27H,3-8,12-15H2,1-2H3/q+1. The van der Waals surface area contributed by atoms with Crippen molar-refractivity contribution in [3.8, 4) is 22.4 Å². The molecule has 0 amide bonds. The van der Waals surface area contributed by atoms with Crippen LogP contribution in [-0.2, 0) is 7.05 Å². The molecule has 0 spiro atoms. The summed E-state index contributed by atoms with van der Waals surface area (Å²) in [5.41, 5.74) is 9.86. The fourth-order valence-corrected chi connectivity index (χ4v) is 8.63. The maximum Gasteiger partial charge on any atom is 0.213 e. The van der Waals surface area contributed by atoms with Gasteiger partial charge in [-0.25, -0.2) is 4.57 Å². The van der Waals surface area contributed by atoms with E-state index >= 15 is 0 Å². The van der Waals surface area contributed by atoms with Crippen molar-refractivity contribution in [2.24, 2.45) is 7.05 Å². The van der Waals surface area contributed by atoms with Crippen LogP contribution >= 0.6 is 11.3 Å². The predicted molar refractivity (Wildman–Crippen MR) is 168 cm³/mol. The van der Waals surface area contributed by atoms with Gasteiger partial charge in [-0.3, -0.25) is 0 Å². The molecule has 5 aromatic rings. The van der Waals surface area contributed by atoms with E-state index in [0.717, 1.165) is 5.92 Å². The molecule has 1 nitrogen and oxygen atoms in total. The van der Waals surface area contributed by atoms with Crippen molar-refractivity contribution >= 4 is 31.5 Å². The number of fused-ring (bicyclic) bond motifs is 3. The van der Waals surface area contributed by atoms with Gasteiger partial charge in [0.2, 0.25) is 5.69 Å². The third-order valence-corrected chi connectivity index (χ3v) is 10.8. The Kier molecular flexibility index (Phi) is 6.77. The average Bonchev–Trinajstić information content (AvgIpc) is 3.35. The van der Waals surface area contributed by atoms with Gasteiger partial charge in [-0.05, 0) is 84.9 Å². The van der Waals surface area contributed by atoms with E-state index in [1.165, 1.54) is 118 Å². The molecule has 2 heterocycles. The first-order valence-corrected chi connectivity index (χ1v) is 16.0. The number of benzene rings is 3. The van der Waals surface area contributed by atoms with Gasteiger partial charge in [0.05, 0.1) is 0 Å². The summed E-state index contributed by atoms with van der Waals surface area (Å²) < 4.78 is 5.25. The largest absolute Gasteiger partial charge is 0.213 e. The van der Waals surface area contributed by atoms with Crippen molar-refractivity contribution in [2.45, 2.75) is 83.0 Å². The summed E-state index contributed by atoms with van der Waals surface area (Å²) in [6.07, 6.45) is 16.1. The van der Waals surface area contributed by atoms with Crippen molar-refractivity contribution in [1.82, 2.24) is 0 Å². The lowest BCUT2D eigenvalue weighted by atomic mass is 9.81. The summed E-state index contributed by atoms with van der Waals surface area (Å²) >= 11 is 1.99. The normalized spacial score (nSPS) is 17.3. The van der Waals surface area contributed by atoms with Gasteiger partial charge in [0.15, 0.2) is 6.20 Å². The quantitative estimate of drug-likeness (QED) is 0.203. The number of thiophene rings is 1. The highest BCUT2D eigenvalue weighted by Gasteiger charge is 2.25. The zero-order valence-corrected chi connectivity index (χ0v) is 24.3. The molecular formula is C37H40NS+. The zero-order valence-electron chi connectivity index (χ0n) is 23.5. The molecule has 2 heteroatoms. The van der Waals surface area contributed by atoms with Gasteiger partial charge < -0.3 is 0 Å². The molecule has 2 saturated carbocycles. The smallest absolute Gasteiger partial charge is 0.201 e. The molecular weight excluding hydrogens is 490 g/mol. The van der Waals surface area contributed by atoms with E-state index < -0.39 is 0 Å². The number of pyridine rings is 1. The number of nitrogens with zero attached hydrogens (tertiary/aromatic N) is 1. The van der Waals surface area contributed by atoms with Crippen LogP contribution in [0.4, 0.5) is 0 Å². The predicted octanol–water partition coefficient (Wildman–Crippen LogP) is 10.6. The molecule has 3 aromatic carbocycles. The molecule has 0 atom stereocenters. The molecule has 7 rings (SSSR count). The second kappa shape index (κ2) is 10.5. The van der Waals surface area contributed by atoms with E-state index in [-0.39, 0.29) is 0 Å². The molecule has 0 saturated heterocycles. The molecule has 0 radical (unpaired) electrons. The molecule has 0 N–H and O–H groups in total. The third-order valence-electron chi connectivity index (χ3n) is 9.66. The van der Waals surface area contributed by atoms with Crippen LogP contribution in [0.5, 0.6) is 0 Å². The highest BCUT2D eigenvalue weighted by atomic mass is 32.1. The first-order chi connectivity index (χ1) is 19.2. The van der Waals surface area contributed by atoms with Gasteiger partial charge in [0.25, 0.3) is 0 Å². The fourth-order valence-electron chi connectivity index (χ4n) is 7.44. The molecule has 0 unspecified atom stereocenters. The third kappa shape index (κ3) is 4.72. The van der Waals surface area contributed by atoms with Crippen LogP contribution in [0.2, 0.25) is 0 Å². The highest BCUT2D eigenvalue weighted by Crippen LogP contribution is 2.43. The maximum atomic E-state index is 2.52. The van der Waals surface area contributed by atoms with Gasteiger partial charge in [0, 0.05) is 37.4 Å². The molecule has 2 aromatic heterocycles. The maximum absolute atomic E-state index is 2.52. The van der Waals surface area contributed by atoms with Gasteiger partial charge in [-0.15, -0.1) is 11.3 Å². The van der Waals surface area contributed by atoms with Crippen molar-refractivity contribution in [3.05, 3.63) is 89.6 Å². The second-order valence-electron chi connectivity index (χ2n) is 12.2. The Balaban J connectivity index is 1.36. The Morgan fingerprint density at radius 3 is 2.08 bits per heavy atom. The SMILES string of the molecule is Cc1ccccc1-c1cc(-c2ccc3c(c2)sc2cc(C4CCCCC4)ccc23)c(C2CCCCC2)c[n+]1C. The minimum absolute atomic E-state index is 0.655. The summed E-state index contributed by atoms with van der Waals surface area (Å²) in [4.78, 5) is 0. The topological polar surface area (TPSA) is 3.88 Å². The summed E-state index contributed by atoms with van der Waals surface area (Å²) in [6, 6.07) is 25.9.